The SMILES string of the molecule is Clc1ccc(C2(CNC3CC3)CCOCC2)c(Cl)c1. The van der Waals surface area contributed by atoms with Crippen molar-refractivity contribution in [2.45, 2.75) is 37.1 Å². The standard InChI is InChI=1S/C15H19Cl2NO/c16-11-1-4-13(14(17)9-11)15(5-7-19-8-6-15)10-18-12-2-3-12/h1,4,9,12,18H,2-3,5-8,10H2. The summed E-state index contributed by atoms with van der Waals surface area (Å²) in [6, 6.07) is 6.60. The maximum absolute atomic E-state index is 6.43. The quantitative estimate of drug-likeness (QED) is 0.913. The predicted octanol–water partition coefficient (Wildman–Crippen LogP) is 3.79. The van der Waals surface area contributed by atoms with Gasteiger partial charge in [-0.3, -0.25) is 0 Å². The van der Waals surface area contributed by atoms with Crippen LogP contribution in [-0.4, -0.2) is 25.8 Å². The molecule has 0 bridgehead atoms. The Morgan fingerprint density at radius 1 is 1.21 bits per heavy atom. The molecule has 0 spiro atoms. The molecule has 1 saturated heterocycles. The Balaban J connectivity index is 1.87. The summed E-state index contributed by atoms with van der Waals surface area (Å²) in [5.74, 6) is 0. The van der Waals surface area contributed by atoms with Crippen molar-refractivity contribution in [3.05, 3.63) is 33.8 Å². The van der Waals surface area contributed by atoms with Gasteiger partial charge >= 0.3 is 0 Å². The van der Waals surface area contributed by atoms with Crippen molar-refractivity contribution < 1.29 is 4.74 Å². The summed E-state index contributed by atoms with van der Waals surface area (Å²) in [6.07, 6.45) is 4.66. The summed E-state index contributed by atoms with van der Waals surface area (Å²) >= 11 is 12.4. The number of benzene rings is 1. The number of rotatable bonds is 4. The van der Waals surface area contributed by atoms with E-state index in [-0.39, 0.29) is 5.41 Å². The average molecular weight is 300 g/mol. The van der Waals surface area contributed by atoms with Crippen LogP contribution in [0.3, 0.4) is 0 Å². The zero-order valence-electron chi connectivity index (χ0n) is 10.9. The molecule has 4 heteroatoms. The number of hydrogen-bond acceptors (Lipinski definition) is 2. The topological polar surface area (TPSA) is 21.3 Å². The third-order valence-corrected chi connectivity index (χ3v) is 4.81. The van der Waals surface area contributed by atoms with Gasteiger partial charge in [0.1, 0.15) is 0 Å². The summed E-state index contributed by atoms with van der Waals surface area (Å²) < 4.78 is 5.54. The van der Waals surface area contributed by atoms with E-state index in [1.165, 1.54) is 18.4 Å². The van der Waals surface area contributed by atoms with Gasteiger partial charge in [0.2, 0.25) is 0 Å². The molecule has 1 aliphatic carbocycles. The van der Waals surface area contributed by atoms with Gasteiger partial charge in [-0.25, -0.2) is 0 Å². The lowest BCUT2D eigenvalue weighted by Crippen LogP contribution is -2.43. The molecule has 1 N–H and O–H groups in total. The van der Waals surface area contributed by atoms with E-state index in [1.54, 1.807) is 0 Å². The minimum absolute atomic E-state index is 0.0997. The summed E-state index contributed by atoms with van der Waals surface area (Å²) in [5.41, 5.74) is 1.32. The van der Waals surface area contributed by atoms with Crippen LogP contribution in [0, 0.1) is 0 Å². The summed E-state index contributed by atoms with van der Waals surface area (Å²) in [6.45, 7) is 2.61. The number of hydrogen-bond donors (Lipinski definition) is 1. The molecule has 1 saturated carbocycles. The predicted molar refractivity (Wildman–Crippen MR) is 79.2 cm³/mol. The van der Waals surface area contributed by atoms with Crippen molar-refractivity contribution in [3.8, 4) is 0 Å². The summed E-state index contributed by atoms with van der Waals surface area (Å²) in [7, 11) is 0. The number of nitrogens with one attached hydrogen (secondary N) is 1. The first kappa shape index (κ1) is 13.7. The Labute approximate surface area is 124 Å². The van der Waals surface area contributed by atoms with Crippen LogP contribution in [0.4, 0.5) is 0 Å². The molecule has 2 fully saturated rings. The second-order valence-corrected chi connectivity index (χ2v) is 6.52. The minimum Gasteiger partial charge on any atom is -0.381 e. The fourth-order valence-corrected chi connectivity index (χ4v) is 3.46. The average Bonchev–Trinajstić information content (AvgIpc) is 3.21. The van der Waals surface area contributed by atoms with Crippen molar-refractivity contribution in [1.82, 2.24) is 5.32 Å². The lowest BCUT2D eigenvalue weighted by atomic mass is 9.74. The van der Waals surface area contributed by atoms with Crippen LogP contribution in [-0.2, 0) is 10.2 Å². The van der Waals surface area contributed by atoms with E-state index in [0.717, 1.165) is 37.6 Å². The van der Waals surface area contributed by atoms with Gasteiger partial charge in [-0.1, -0.05) is 29.3 Å². The number of ether oxygens (including phenoxy) is 1. The lowest BCUT2D eigenvalue weighted by molar-refractivity contribution is 0.0498. The van der Waals surface area contributed by atoms with Gasteiger partial charge in [-0.15, -0.1) is 0 Å². The first-order valence-corrected chi connectivity index (χ1v) is 7.72. The third kappa shape index (κ3) is 3.08. The van der Waals surface area contributed by atoms with Crippen LogP contribution in [0.2, 0.25) is 10.0 Å². The van der Waals surface area contributed by atoms with E-state index in [4.69, 9.17) is 27.9 Å². The lowest BCUT2D eigenvalue weighted by Gasteiger charge is -2.38. The van der Waals surface area contributed by atoms with Crippen molar-refractivity contribution in [3.63, 3.8) is 0 Å². The highest BCUT2D eigenvalue weighted by Gasteiger charge is 2.37. The Kier molecular flexibility index (Phi) is 4.04. The molecule has 1 aromatic rings. The van der Waals surface area contributed by atoms with Gasteiger partial charge in [-0.05, 0) is 43.4 Å². The molecule has 2 nitrogen and oxygen atoms in total. The van der Waals surface area contributed by atoms with Crippen LogP contribution in [0.15, 0.2) is 18.2 Å². The maximum Gasteiger partial charge on any atom is 0.0475 e. The molecule has 1 aliphatic heterocycles. The van der Waals surface area contributed by atoms with Gasteiger partial charge in [0, 0.05) is 41.3 Å². The van der Waals surface area contributed by atoms with Crippen molar-refractivity contribution in [1.29, 1.82) is 0 Å². The Hall–Kier alpha value is -0.280. The Morgan fingerprint density at radius 2 is 1.95 bits per heavy atom. The third-order valence-electron chi connectivity index (χ3n) is 4.26. The van der Waals surface area contributed by atoms with Crippen LogP contribution in [0.1, 0.15) is 31.2 Å². The van der Waals surface area contributed by atoms with E-state index in [1.807, 2.05) is 12.1 Å². The highest BCUT2D eigenvalue weighted by atomic mass is 35.5. The fraction of sp³-hybridized carbons (Fsp3) is 0.600. The van der Waals surface area contributed by atoms with E-state index in [9.17, 15) is 0 Å². The first-order valence-electron chi connectivity index (χ1n) is 6.96. The molecular weight excluding hydrogens is 281 g/mol. The fourth-order valence-electron chi connectivity index (χ4n) is 2.85. The van der Waals surface area contributed by atoms with E-state index >= 15 is 0 Å². The smallest absolute Gasteiger partial charge is 0.0475 e. The second-order valence-electron chi connectivity index (χ2n) is 5.67. The highest BCUT2D eigenvalue weighted by molar-refractivity contribution is 6.35. The van der Waals surface area contributed by atoms with Crippen LogP contribution in [0.25, 0.3) is 0 Å². The van der Waals surface area contributed by atoms with E-state index in [2.05, 4.69) is 11.4 Å². The molecule has 19 heavy (non-hydrogen) atoms. The molecule has 0 amide bonds. The molecule has 3 rings (SSSR count). The normalized spacial score (nSPS) is 22.4. The van der Waals surface area contributed by atoms with Gasteiger partial charge in [0.05, 0.1) is 0 Å². The van der Waals surface area contributed by atoms with Crippen LogP contribution in [0.5, 0.6) is 0 Å². The van der Waals surface area contributed by atoms with Crippen molar-refractivity contribution in [2.24, 2.45) is 0 Å². The maximum atomic E-state index is 6.43. The monoisotopic (exact) mass is 299 g/mol. The van der Waals surface area contributed by atoms with Crippen LogP contribution >= 0.6 is 23.2 Å². The van der Waals surface area contributed by atoms with Crippen LogP contribution < -0.4 is 5.32 Å². The van der Waals surface area contributed by atoms with Crippen molar-refractivity contribution >= 4 is 23.2 Å². The molecule has 104 valence electrons. The summed E-state index contributed by atoms with van der Waals surface area (Å²) in [5, 5.41) is 5.14. The van der Waals surface area contributed by atoms with Gasteiger partial charge in [-0.2, -0.15) is 0 Å². The largest absolute Gasteiger partial charge is 0.381 e. The molecule has 0 radical (unpaired) electrons. The molecule has 0 atom stereocenters. The summed E-state index contributed by atoms with van der Waals surface area (Å²) in [4.78, 5) is 0. The molecule has 0 aromatic heterocycles. The first-order chi connectivity index (χ1) is 9.20. The zero-order chi connectivity index (χ0) is 13.3. The second kappa shape index (κ2) is 5.61. The molecule has 2 aliphatic rings. The van der Waals surface area contributed by atoms with E-state index < -0.39 is 0 Å². The Morgan fingerprint density at radius 3 is 2.58 bits per heavy atom. The number of halogens is 2. The molecule has 1 heterocycles. The zero-order valence-corrected chi connectivity index (χ0v) is 12.4. The Bertz CT molecular complexity index is 453. The molecule has 1 aromatic carbocycles. The van der Waals surface area contributed by atoms with Gasteiger partial charge in [0.15, 0.2) is 0 Å². The van der Waals surface area contributed by atoms with Crippen molar-refractivity contribution in [2.75, 3.05) is 19.8 Å². The highest BCUT2D eigenvalue weighted by Crippen LogP contribution is 2.39. The molecule has 0 unspecified atom stereocenters. The molecular formula is C15H19Cl2NO. The van der Waals surface area contributed by atoms with Gasteiger partial charge in [0.25, 0.3) is 0 Å². The van der Waals surface area contributed by atoms with Gasteiger partial charge < -0.3 is 10.1 Å². The van der Waals surface area contributed by atoms with E-state index in [0.29, 0.717) is 11.1 Å². The minimum atomic E-state index is 0.0997.